The fourth-order valence-corrected chi connectivity index (χ4v) is 7.15. The quantitative estimate of drug-likeness (QED) is 0.359. The highest BCUT2D eigenvalue weighted by Crippen LogP contribution is 2.67. The van der Waals surface area contributed by atoms with Crippen LogP contribution in [0.5, 0.6) is 0 Å². The lowest BCUT2D eigenvalue weighted by molar-refractivity contribution is -0.168. The molecule has 0 heterocycles. The van der Waals surface area contributed by atoms with Gasteiger partial charge in [0, 0.05) is 23.3 Å². The number of esters is 1. The van der Waals surface area contributed by atoms with Gasteiger partial charge in [0.1, 0.15) is 5.60 Å². The summed E-state index contributed by atoms with van der Waals surface area (Å²) in [4.78, 5) is 11.9. The van der Waals surface area contributed by atoms with E-state index in [9.17, 15) is 4.79 Å². The lowest BCUT2D eigenvalue weighted by Gasteiger charge is -2.57. The molecule has 4 rings (SSSR count). The van der Waals surface area contributed by atoms with Crippen LogP contribution in [0.15, 0.2) is 41.7 Å². The molecule has 0 bridgehead atoms. The summed E-state index contributed by atoms with van der Waals surface area (Å²) in [7, 11) is 0. The van der Waals surface area contributed by atoms with E-state index in [4.69, 9.17) is 4.74 Å². The maximum atomic E-state index is 11.9. The van der Waals surface area contributed by atoms with Crippen molar-refractivity contribution < 1.29 is 9.53 Å². The predicted molar refractivity (Wildman–Crippen MR) is 104 cm³/mol. The lowest BCUT2D eigenvalue weighted by Crippen LogP contribution is -2.54. The highest BCUT2D eigenvalue weighted by Gasteiger charge is 2.64. The molecule has 2 nitrogen and oxygen atoms in total. The molecular formula is C24H32O2. The van der Waals surface area contributed by atoms with Crippen LogP contribution in [0.2, 0.25) is 0 Å². The summed E-state index contributed by atoms with van der Waals surface area (Å²) < 4.78 is 5.96. The minimum Gasteiger partial charge on any atom is -0.454 e. The summed E-state index contributed by atoms with van der Waals surface area (Å²) in [5, 5.41) is 0. The normalized spacial score (nSPS) is 46.4. The Morgan fingerprint density at radius 2 is 2.00 bits per heavy atom. The maximum absolute atomic E-state index is 11.9. The van der Waals surface area contributed by atoms with E-state index in [1.54, 1.807) is 0 Å². The van der Waals surface area contributed by atoms with E-state index in [0.717, 1.165) is 25.7 Å². The Labute approximate surface area is 158 Å². The molecule has 4 aliphatic carbocycles. The molecule has 0 saturated heterocycles. The van der Waals surface area contributed by atoms with E-state index >= 15 is 0 Å². The van der Waals surface area contributed by atoms with Crippen LogP contribution in [-0.4, -0.2) is 11.6 Å². The summed E-state index contributed by atoms with van der Waals surface area (Å²) >= 11 is 0. The summed E-state index contributed by atoms with van der Waals surface area (Å²) in [6.45, 7) is 12.7. The van der Waals surface area contributed by atoms with Gasteiger partial charge < -0.3 is 4.74 Å². The van der Waals surface area contributed by atoms with Gasteiger partial charge in [-0.3, -0.25) is 4.79 Å². The van der Waals surface area contributed by atoms with Crippen molar-refractivity contribution in [3.8, 4) is 0 Å². The van der Waals surface area contributed by atoms with Crippen LogP contribution in [0.4, 0.5) is 0 Å². The minimum atomic E-state index is -0.500. The summed E-state index contributed by atoms with van der Waals surface area (Å²) in [6.07, 6.45) is 13.4. The van der Waals surface area contributed by atoms with Gasteiger partial charge >= 0.3 is 5.97 Å². The maximum Gasteiger partial charge on any atom is 0.303 e. The molecule has 0 aromatic rings. The van der Waals surface area contributed by atoms with E-state index < -0.39 is 5.60 Å². The third-order valence-electron chi connectivity index (χ3n) is 8.45. The number of carbonyl (C=O) groups excluding carboxylic acids is 1. The third kappa shape index (κ3) is 2.15. The molecular weight excluding hydrogens is 320 g/mol. The van der Waals surface area contributed by atoms with Crippen molar-refractivity contribution in [2.24, 2.45) is 28.6 Å². The highest BCUT2D eigenvalue weighted by molar-refractivity contribution is 5.67. The van der Waals surface area contributed by atoms with E-state index in [1.165, 1.54) is 30.9 Å². The van der Waals surface area contributed by atoms with E-state index in [2.05, 4.69) is 45.2 Å². The number of fused-ring (bicyclic) bond motifs is 5. The Morgan fingerprint density at radius 3 is 2.69 bits per heavy atom. The van der Waals surface area contributed by atoms with Gasteiger partial charge in [-0.25, -0.2) is 0 Å². The number of hydrogen-bond acceptors (Lipinski definition) is 2. The second-order valence-electron chi connectivity index (χ2n) is 9.50. The largest absolute Gasteiger partial charge is 0.454 e. The Morgan fingerprint density at radius 1 is 1.27 bits per heavy atom. The second-order valence-corrected chi connectivity index (χ2v) is 9.50. The van der Waals surface area contributed by atoms with Gasteiger partial charge in [0.2, 0.25) is 0 Å². The molecule has 4 aliphatic rings. The van der Waals surface area contributed by atoms with Gasteiger partial charge in [-0.1, -0.05) is 26.5 Å². The minimum absolute atomic E-state index is 0.0134. The number of carbonyl (C=O) groups is 1. The van der Waals surface area contributed by atoms with Gasteiger partial charge in [0.05, 0.1) is 0 Å². The number of allylic oxidation sites excluding steroid dienone is 3. The van der Waals surface area contributed by atoms with E-state index in [-0.39, 0.29) is 16.8 Å². The SMILES string of the molecule is C=C[C@@]1(OC(C)=O)CC[C@H]2[C@@H]3C=C(C)C4=C=CCC[C@]4(C)[C@H]3CC[C@@]21C. The van der Waals surface area contributed by atoms with Crippen molar-refractivity contribution in [1.29, 1.82) is 0 Å². The fourth-order valence-electron chi connectivity index (χ4n) is 7.15. The van der Waals surface area contributed by atoms with Crippen molar-refractivity contribution in [3.63, 3.8) is 0 Å². The third-order valence-corrected chi connectivity index (χ3v) is 8.45. The molecule has 0 unspecified atom stereocenters. The van der Waals surface area contributed by atoms with Crippen LogP contribution in [0, 0.1) is 28.6 Å². The molecule has 0 N–H and O–H groups in total. The molecule has 0 aliphatic heterocycles. The monoisotopic (exact) mass is 352 g/mol. The van der Waals surface area contributed by atoms with Crippen LogP contribution in [0.3, 0.4) is 0 Å². The lowest BCUT2D eigenvalue weighted by atomic mass is 9.47. The number of hydrogen-bond donors (Lipinski definition) is 0. The smallest absolute Gasteiger partial charge is 0.303 e. The van der Waals surface area contributed by atoms with Gasteiger partial charge in [-0.05, 0) is 80.9 Å². The van der Waals surface area contributed by atoms with Crippen LogP contribution in [0.1, 0.15) is 66.2 Å². The molecule has 6 atom stereocenters. The van der Waals surface area contributed by atoms with Gasteiger partial charge in [0.15, 0.2) is 0 Å². The molecule has 140 valence electrons. The molecule has 2 heteroatoms. The van der Waals surface area contributed by atoms with Crippen molar-refractivity contribution in [1.82, 2.24) is 0 Å². The molecule has 26 heavy (non-hydrogen) atoms. The molecule has 0 radical (unpaired) electrons. The van der Waals surface area contributed by atoms with Crippen molar-refractivity contribution in [2.75, 3.05) is 0 Å². The predicted octanol–water partition coefficient (Wildman–Crippen LogP) is 5.76. The van der Waals surface area contributed by atoms with Crippen molar-refractivity contribution in [3.05, 3.63) is 41.7 Å². The topological polar surface area (TPSA) is 26.3 Å². The zero-order valence-corrected chi connectivity index (χ0v) is 16.7. The standard InChI is InChI=1S/C24H32O2/c1-6-24(26-17(3)25)14-11-21-18-15-16(2)19-9-7-8-12-22(19,4)20(18)10-13-23(21,24)5/h6-7,15,18,20-21H,1,8,10-14H2,2-5H3/t18-,20+,21+,22+,23+,24-/m1/s1. The summed E-state index contributed by atoms with van der Waals surface area (Å²) in [6, 6.07) is 0. The second kappa shape index (κ2) is 5.73. The Hall–Kier alpha value is -1.53. The van der Waals surface area contributed by atoms with Crippen LogP contribution >= 0.6 is 0 Å². The average Bonchev–Trinajstić information content (AvgIpc) is 2.87. The molecule has 0 aromatic carbocycles. The molecule has 0 amide bonds. The first kappa shape index (κ1) is 17.9. The first-order valence-corrected chi connectivity index (χ1v) is 10.2. The summed E-state index contributed by atoms with van der Waals surface area (Å²) in [5.74, 6) is 1.62. The first-order chi connectivity index (χ1) is 12.3. The Kier molecular flexibility index (Phi) is 3.94. The van der Waals surface area contributed by atoms with Crippen LogP contribution in [0.25, 0.3) is 0 Å². The van der Waals surface area contributed by atoms with Gasteiger partial charge in [0.25, 0.3) is 0 Å². The van der Waals surface area contributed by atoms with E-state index in [1.807, 2.05) is 6.08 Å². The fraction of sp³-hybridized carbons (Fsp3) is 0.667. The zero-order valence-electron chi connectivity index (χ0n) is 16.7. The van der Waals surface area contributed by atoms with Crippen molar-refractivity contribution >= 4 is 5.97 Å². The zero-order chi connectivity index (χ0) is 18.7. The molecule has 0 spiro atoms. The van der Waals surface area contributed by atoms with Crippen molar-refractivity contribution in [2.45, 2.75) is 71.8 Å². The Balaban J connectivity index is 1.78. The summed E-state index contributed by atoms with van der Waals surface area (Å²) in [5.41, 5.74) is 6.20. The first-order valence-electron chi connectivity index (χ1n) is 10.2. The number of ether oxygens (including phenoxy) is 1. The molecule has 0 aromatic heterocycles. The van der Waals surface area contributed by atoms with Crippen LogP contribution < -0.4 is 0 Å². The van der Waals surface area contributed by atoms with E-state index in [0.29, 0.717) is 17.8 Å². The van der Waals surface area contributed by atoms with Crippen LogP contribution in [-0.2, 0) is 9.53 Å². The van der Waals surface area contributed by atoms with Gasteiger partial charge in [-0.2, -0.15) is 0 Å². The Bertz CT molecular complexity index is 752. The van der Waals surface area contributed by atoms with Gasteiger partial charge in [-0.15, -0.1) is 5.73 Å². The highest BCUT2D eigenvalue weighted by atomic mass is 16.6. The average molecular weight is 353 g/mol. The molecule has 2 fully saturated rings. The molecule has 2 saturated carbocycles. The number of rotatable bonds is 2.